The van der Waals surface area contributed by atoms with E-state index in [4.69, 9.17) is 27.6 Å². The molecule has 0 atom stereocenters. The van der Waals surface area contributed by atoms with Crippen LogP contribution >= 0.6 is 23.2 Å². The first-order valence-electron chi connectivity index (χ1n) is 7.65. The lowest BCUT2D eigenvalue weighted by Crippen LogP contribution is -1.79. The molecule has 0 aliphatic rings. The number of fused-ring (bicyclic) bond motifs is 1. The van der Waals surface area contributed by atoms with Crippen molar-refractivity contribution in [3.63, 3.8) is 0 Å². The summed E-state index contributed by atoms with van der Waals surface area (Å²) in [5.74, 6) is 0.771. The van der Waals surface area contributed by atoms with Crippen LogP contribution in [0.3, 0.4) is 0 Å². The number of rotatable bonds is 3. The van der Waals surface area contributed by atoms with Gasteiger partial charge in [-0.1, -0.05) is 65.7 Å². The average molecular weight is 367 g/mol. The number of aromatic nitrogens is 2. The van der Waals surface area contributed by atoms with E-state index in [2.05, 4.69) is 28.4 Å². The highest BCUT2D eigenvalue weighted by molar-refractivity contribution is 6.36. The molecule has 0 radical (unpaired) electrons. The number of hydrogen-bond donors (Lipinski definition) is 0. The van der Waals surface area contributed by atoms with Crippen molar-refractivity contribution in [1.82, 2.24) is 10.2 Å². The highest BCUT2D eigenvalue weighted by Gasteiger charge is 2.11. The molecule has 0 aliphatic heterocycles. The molecule has 0 aliphatic carbocycles. The second kappa shape index (κ2) is 6.71. The summed E-state index contributed by atoms with van der Waals surface area (Å²) < 4.78 is 5.69. The average Bonchev–Trinajstić information content (AvgIpc) is 3.08. The molecule has 4 rings (SSSR count). The van der Waals surface area contributed by atoms with Gasteiger partial charge in [-0.05, 0) is 40.6 Å². The van der Waals surface area contributed by atoms with Crippen molar-refractivity contribution in [1.29, 1.82) is 0 Å². The zero-order valence-corrected chi connectivity index (χ0v) is 14.5. The summed E-state index contributed by atoms with van der Waals surface area (Å²) in [5.41, 5.74) is 1.74. The van der Waals surface area contributed by atoms with E-state index in [1.54, 1.807) is 24.3 Å². The standard InChI is InChI=1S/C20H12Cl2N2O/c21-15-9-10-17(18(22)12-15)20-24-23-19(25-20)11-8-14-6-3-5-13-4-1-2-7-16(13)14/h1-12H/b11-8-. The van der Waals surface area contributed by atoms with Gasteiger partial charge in [0, 0.05) is 11.1 Å². The van der Waals surface area contributed by atoms with Crippen LogP contribution in [0.15, 0.2) is 65.1 Å². The Kier molecular flexibility index (Phi) is 4.26. The van der Waals surface area contributed by atoms with Gasteiger partial charge >= 0.3 is 0 Å². The van der Waals surface area contributed by atoms with Gasteiger partial charge in [0.05, 0.1) is 10.6 Å². The largest absolute Gasteiger partial charge is 0.417 e. The normalized spacial score (nSPS) is 11.4. The molecule has 3 aromatic carbocycles. The van der Waals surface area contributed by atoms with Gasteiger partial charge in [-0.2, -0.15) is 0 Å². The predicted molar refractivity (Wildman–Crippen MR) is 103 cm³/mol. The van der Waals surface area contributed by atoms with Crippen LogP contribution in [0.25, 0.3) is 34.4 Å². The molecule has 0 fully saturated rings. The first kappa shape index (κ1) is 15.9. The van der Waals surface area contributed by atoms with E-state index in [1.165, 1.54) is 10.8 Å². The van der Waals surface area contributed by atoms with E-state index in [0.29, 0.717) is 27.4 Å². The Labute approximate surface area is 154 Å². The van der Waals surface area contributed by atoms with Gasteiger partial charge in [0.2, 0.25) is 11.8 Å². The lowest BCUT2D eigenvalue weighted by molar-refractivity contribution is 0.558. The second-order valence-corrected chi connectivity index (χ2v) is 6.31. The van der Waals surface area contributed by atoms with Gasteiger partial charge in [-0.15, -0.1) is 10.2 Å². The molecule has 0 saturated carbocycles. The van der Waals surface area contributed by atoms with Crippen LogP contribution in [0.5, 0.6) is 0 Å². The van der Waals surface area contributed by atoms with Crippen molar-refractivity contribution >= 4 is 46.1 Å². The zero-order valence-electron chi connectivity index (χ0n) is 13.0. The van der Waals surface area contributed by atoms with Gasteiger partial charge in [0.15, 0.2) is 0 Å². The minimum Gasteiger partial charge on any atom is -0.417 e. The van der Waals surface area contributed by atoms with Crippen molar-refractivity contribution in [2.24, 2.45) is 0 Å². The highest BCUT2D eigenvalue weighted by Crippen LogP contribution is 2.29. The Bertz CT molecular complexity index is 1080. The highest BCUT2D eigenvalue weighted by atomic mass is 35.5. The van der Waals surface area contributed by atoms with E-state index >= 15 is 0 Å². The fourth-order valence-corrected chi connectivity index (χ4v) is 3.12. The molecular weight excluding hydrogens is 355 g/mol. The molecule has 0 spiro atoms. The quantitative estimate of drug-likeness (QED) is 0.422. The van der Waals surface area contributed by atoms with E-state index < -0.39 is 0 Å². The summed E-state index contributed by atoms with van der Waals surface area (Å²) >= 11 is 12.1. The van der Waals surface area contributed by atoms with Gasteiger partial charge in [0.1, 0.15) is 0 Å². The van der Waals surface area contributed by atoms with E-state index in [1.807, 2.05) is 30.3 Å². The van der Waals surface area contributed by atoms with Crippen LogP contribution in [0.2, 0.25) is 10.0 Å². The molecule has 0 N–H and O–H groups in total. The first-order chi connectivity index (χ1) is 12.2. The third-order valence-electron chi connectivity index (χ3n) is 3.83. The smallest absolute Gasteiger partial charge is 0.249 e. The Morgan fingerprint density at radius 2 is 1.68 bits per heavy atom. The van der Waals surface area contributed by atoms with Crippen molar-refractivity contribution in [2.45, 2.75) is 0 Å². The Balaban J connectivity index is 1.65. The molecule has 0 amide bonds. The third-order valence-corrected chi connectivity index (χ3v) is 4.38. The maximum absolute atomic E-state index is 6.18. The maximum Gasteiger partial charge on any atom is 0.249 e. The van der Waals surface area contributed by atoms with Crippen molar-refractivity contribution < 1.29 is 4.42 Å². The number of halogens is 2. The summed E-state index contributed by atoms with van der Waals surface area (Å²) in [7, 11) is 0. The zero-order chi connectivity index (χ0) is 17.2. The fourth-order valence-electron chi connectivity index (χ4n) is 2.63. The molecule has 25 heavy (non-hydrogen) atoms. The number of nitrogens with zero attached hydrogens (tertiary/aromatic N) is 2. The van der Waals surface area contributed by atoms with Crippen LogP contribution in [0.1, 0.15) is 11.5 Å². The fraction of sp³-hybridized carbons (Fsp3) is 0. The predicted octanol–water partition coefficient (Wildman–Crippen LogP) is 6.37. The summed E-state index contributed by atoms with van der Waals surface area (Å²) in [6.45, 7) is 0. The van der Waals surface area contributed by atoms with Crippen LogP contribution in [-0.4, -0.2) is 10.2 Å². The van der Waals surface area contributed by atoms with Crippen LogP contribution < -0.4 is 0 Å². The molecule has 1 aromatic heterocycles. The maximum atomic E-state index is 6.18. The van der Waals surface area contributed by atoms with Crippen LogP contribution in [-0.2, 0) is 0 Å². The molecule has 0 saturated heterocycles. The van der Waals surface area contributed by atoms with Crippen LogP contribution in [0.4, 0.5) is 0 Å². The van der Waals surface area contributed by atoms with E-state index in [9.17, 15) is 0 Å². The van der Waals surface area contributed by atoms with Gasteiger partial charge < -0.3 is 4.42 Å². The second-order valence-electron chi connectivity index (χ2n) is 5.47. The summed E-state index contributed by atoms with van der Waals surface area (Å²) in [6, 6.07) is 19.5. The molecule has 3 nitrogen and oxygen atoms in total. The Morgan fingerprint density at radius 3 is 2.56 bits per heavy atom. The molecule has 0 bridgehead atoms. The van der Waals surface area contributed by atoms with Gasteiger partial charge in [-0.3, -0.25) is 0 Å². The Hall–Kier alpha value is -2.62. The summed E-state index contributed by atoms with van der Waals surface area (Å²) in [5, 5.41) is 11.5. The number of hydrogen-bond acceptors (Lipinski definition) is 3. The topological polar surface area (TPSA) is 38.9 Å². The molecule has 4 aromatic rings. The van der Waals surface area contributed by atoms with Gasteiger partial charge in [-0.25, -0.2) is 0 Å². The molecule has 5 heteroatoms. The lowest BCUT2D eigenvalue weighted by Gasteiger charge is -2.01. The summed E-state index contributed by atoms with van der Waals surface area (Å²) in [4.78, 5) is 0. The SMILES string of the molecule is Clc1ccc(-c2nnc(/C=C\c3cccc4ccccc34)o2)c(Cl)c1. The van der Waals surface area contributed by atoms with Crippen molar-refractivity contribution in [3.8, 4) is 11.5 Å². The minimum atomic E-state index is 0.360. The van der Waals surface area contributed by atoms with Crippen molar-refractivity contribution in [2.75, 3.05) is 0 Å². The minimum absolute atomic E-state index is 0.360. The summed E-state index contributed by atoms with van der Waals surface area (Å²) in [6.07, 6.45) is 3.76. The van der Waals surface area contributed by atoms with E-state index in [0.717, 1.165) is 5.56 Å². The third kappa shape index (κ3) is 3.29. The Morgan fingerprint density at radius 1 is 0.840 bits per heavy atom. The van der Waals surface area contributed by atoms with Crippen LogP contribution in [0, 0.1) is 0 Å². The van der Waals surface area contributed by atoms with E-state index in [-0.39, 0.29) is 0 Å². The lowest BCUT2D eigenvalue weighted by atomic mass is 10.0. The molecule has 0 unspecified atom stereocenters. The number of benzene rings is 3. The molecule has 122 valence electrons. The monoisotopic (exact) mass is 366 g/mol. The molecule has 1 heterocycles. The molecular formula is C20H12Cl2N2O. The van der Waals surface area contributed by atoms with Crippen molar-refractivity contribution in [3.05, 3.63) is 82.2 Å². The first-order valence-corrected chi connectivity index (χ1v) is 8.41. The van der Waals surface area contributed by atoms with Gasteiger partial charge in [0.25, 0.3) is 0 Å².